The second-order valence-electron chi connectivity index (χ2n) is 5.24. The number of ether oxygens (including phenoxy) is 1. The van der Waals surface area contributed by atoms with Crippen molar-refractivity contribution >= 4 is 5.91 Å². The molecule has 4 heteroatoms. The van der Waals surface area contributed by atoms with Crippen LogP contribution in [0.2, 0.25) is 0 Å². The minimum atomic E-state index is -0.0390. The van der Waals surface area contributed by atoms with Crippen molar-refractivity contribution in [3.63, 3.8) is 0 Å². The fourth-order valence-corrected chi connectivity index (χ4v) is 2.22. The molecule has 0 radical (unpaired) electrons. The van der Waals surface area contributed by atoms with Crippen molar-refractivity contribution in [1.82, 2.24) is 10.6 Å². The Labute approximate surface area is 98.1 Å². The van der Waals surface area contributed by atoms with Gasteiger partial charge in [-0.25, -0.2) is 0 Å². The number of rotatable bonds is 4. The highest BCUT2D eigenvalue weighted by atomic mass is 16.5. The molecule has 0 bridgehead atoms. The highest BCUT2D eigenvalue weighted by Gasteiger charge is 2.29. The smallest absolute Gasteiger partial charge is 0.221 e. The summed E-state index contributed by atoms with van der Waals surface area (Å²) in [6.45, 7) is 7.09. The molecule has 1 amide bonds. The lowest BCUT2D eigenvalue weighted by molar-refractivity contribution is -0.121. The number of carbonyl (C=O) groups is 1. The zero-order valence-corrected chi connectivity index (χ0v) is 10.8. The number of nitrogens with one attached hydrogen (secondary N) is 2. The van der Waals surface area contributed by atoms with Gasteiger partial charge in [0, 0.05) is 32.2 Å². The zero-order chi connectivity index (χ0) is 12.2. The first-order chi connectivity index (χ1) is 7.43. The Morgan fingerprint density at radius 3 is 2.81 bits per heavy atom. The molecule has 1 aliphatic rings. The maximum atomic E-state index is 11.2. The van der Waals surface area contributed by atoms with Gasteiger partial charge in [0.2, 0.25) is 5.91 Å². The lowest BCUT2D eigenvalue weighted by atomic mass is 9.93. The Balaban J connectivity index is 2.33. The molecule has 0 spiro atoms. The summed E-state index contributed by atoms with van der Waals surface area (Å²) in [7, 11) is 1.67. The fraction of sp³-hybridized carbons (Fsp3) is 0.917. The van der Waals surface area contributed by atoms with Crippen molar-refractivity contribution in [2.45, 2.75) is 57.7 Å². The van der Waals surface area contributed by atoms with Gasteiger partial charge in [-0.05, 0) is 33.6 Å². The van der Waals surface area contributed by atoms with Gasteiger partial charge in [0.15, 0.2) is 0 Å². The van der Waals surface area contributed by atoms with Gasteiger partial charge in [-0.15, -0.1) is 0 Å². The summed E-state index contributed by atoms with van der Waals surface area (Å²) in [5, 5.41) is 6.14. The molecule has 1 heterocycles. The topological polar surface area (TPSA) is 50.4 Å². The largest absolute Gasteiger partial charge is 0.375 e. The lowest BCUT2D eigenvalue weighted by Gasteiger charge is -2.37. The summed E-state index contributed by atoms with van der Waals surface area (Å²) in [4.78, 5) is 11.2. The number of hydrogen-bond donors (Lipinski definition) is 2. The van der Waals surface area contributed by atoms with Gasteiger partial charge < -0.3 is 15.4 Å². The molecule has 2 unspecified atom stereocenters. The molecule has 2 N–H and O–H groups in total. The van der Waals surface area contributed by atoms with Gasteiger partial charge in [0.1, 0.15) is 0 Å². The molecule has 94 valence electrons. The van der Waals surface area contributed by atoms with Crippen molar-refractivity contribution in [1.29, 1.82) is 0 Å². The summed E-state index contributed by atoms with van der Waals surface area (Å²) in [6.07, 6.45) is 2.57. The molecule has 0 saturated carbocycles. The number of carbonyl (C=O) groups excluding carboxylic acids is 1. The van der Waals surface area contributed by atoms with Crippen molar-refractivity contribution in [3.8, 4) is 0 Å². The van der Waals surface area contributed by atoms with Crippen molar-refractivity contribution < 1.29 is 9.53 Å². The van der Waals surface area contributed by atoms with Crippen LogP contribution in [0.1, 0.15) is 40.0 Å². The summed E-state index contributed by atoms with van der Waals surface area (Å²) >= 11 is 0. The Hall–Kier alpha value is -0.610. The van der Waals surface area contributed by atoms with Gasteiger partial charge in [-0.1, -0.05) is 0 Å². The summed E-state index contributed by atoms with van der Waals surface area (Å²) in [6, 6.07) is 0.683. The van der Waals surface area contributed by atoms with Gasteiger partial charge in [-0.3, -0.25) is 4.79 Å². The van der Waals surface area contributed by atoms with Crippen LogP contribution in [0, 0.1) is 0 Å². The average molecular weight is 228 g/mol. The summed E-state index contributed by atoms with van der Waals surface area (Å²) in [5.41, 5.74) is -0.0390. The highest BCUT2D eigenvalue weighted by molar-refractivity contribution is 5.76. The standard InChI is InChI=1S/C12H24N2O2/c1-9(7-11(15)13-4)14-10-5-6-16-12(2,3)8-10/h9-10,14H,5-8H2,1-4H3,(H,13,15). The van der Waals surface area contributed by atoms with E-state index in [9.17, 15) is 4.79 Å². The van der Waals surface area contributed by atoms with Crippen LogP contribution in [-0.4, -0.2) is 37.2 Å². The second-order valence-corrected chi connectivity index (χ2v) is 5.24. The molecule has 4 nitrogen and oxygen atoms in total. The van der Waals surface area contributed by atoms with E-state index in [1.54, 1.807) is 7.05 Å². The quantitative estimate of drug-likeness (QED) is 0.756. The van der Waals surface area contributed by atoms with E-state index in [0.717, 1.165) is 19.4 Å². The fourth-order valence-electron chi connectivity index (χ4n) is 2.22. The van der Waals surface area contributed by atoms with Crippen molar-refractivity contribution in [2.24, 2.45) is 0 Å². The van der Waals surface area contributed by atoms with Crippen LogP contribution in [0.5, 0.6) is 0 Å². The molecule has 0 aromatic carbocycles. The first-order valence-electron chi connectivity index (χ1n) is 6.03. The van der Waals surface area contributed by atoms with E-state index in [2.05, 4.69) is 31.4 Å². The lowest BCUT2D eigenvalue weighted by Crippen LogP contribution is -2.47. The molecule has 0 aromatic rings. The Bertz CT molecular complexity index is 241. The third kappa shape index (κ3) is 4.49. The first kappa shape index (κ1) is 13.5. The predicted molar refractivity (Wildman–Crippen MR) is 64.3 cm³/mol. The van der Waals surface area contributed by atoms with Crippen LogP contribution in [0.25, 0.3) is 0 Å². The minimum absolute atomic E-state index is 0.0390. The van der Waals surface area contributed by atoms with E-state index in [4.69, 9.17) is 4.74 Å². The third-order valence-electron chi connectivity index (χ3n) is 2.99. The third-order valence-corrected chi connectivity index (χ3v) is 2.99. The van der Waals surface area contributed by atoms with Crippen LogP contribution in [0.15, 0.2) is 0 Å². The predicted octanol–water partition coefficient (Wildman–Crippen LogP) is 1.06. The van der Waals surface area contributed by atoms with E-state index in [1.165, 1.54) is 0 Å². The molecule has 1 rings (SSSR count). The Morgan fingerprint density at radius 2 is 2.25 bits per heavy atom. The maximum absolute atomic E-state index is 11.2. The molecule has 2 atom stereocenters. The molecular formula is C12H24N2O2. The SMILES string of the molecule is CNC(=O)CC(C)NC1CCOC(C)(C)C1. The van der Waals surface area contributed by atoms with E-state index in [-0.39, 0.29) is 17.6 Å². The molecule has 1 aliphatic heterocycles. The van der Waals surface area contributed by atoms with E-state index in [1.807, 2.05) is 0 Å². The van der Waals surface area contributed by atoms with E-state index < -0.39 is 0 Å². The van der Waals surface area contributed by atoms with Crippen LogP contribution >= 0.6 is 0 Å². The molecule has 0 aromatic heterocycles. The average Bonchev–Trinajstić information content (AvgIpc) is 2.15. The molecule has 0 aliphatic carbocycles. The monoisotopic (exact) mass is 228 g/mol. The molecule has 1 fully saturated rings. The maximum Gasteiger partial charge on any atom is 0.221 e. The van der Waals surface area contributed by atoms with Crippen LogP contribution in [-0.2, 0) is 9.53 Å². The first-order valence-corrected chi connectivity index (χ1v) is 6.03. The van der Waals surface area contributed by atoms with Crippen LogP contribution < -0.4 is 10.6 Å². The normalized spacial score (nSPS) is 26.1. The van der Waals surface area contributed by atoms with Gasteiger partial charge in [0.05, 0.1) is 5.60 Å². The van der Waals surface area contributed by atoms with E-state index in [0.29, 0.717) is 12.5 Å². The second kappa shape index (κ2) is 5.64. The van der Waals surface area contributed by atoms with Crippen molar-refractivity contribution in [2.75, 3.05) is 13.7 Å². The van der Waals surface area contributed by atoms with Gasteiger partial charge in [-0.2, -0.15) is 0 Å². The Kier molecular flexibility index (Phi) is 4.74. The summed E-state index contributed by atoms with van der Waals surface area (Å²) in [5.74, 6) is 0.0892. The van der Waals surface area contributed by atoms with Gasteiger partial charge in [0.25, 0.3) is 0 Å². The van der Waals surface area contributed by atoms with Crippen LogP contribution in [0.4, 0.5) is 0 Å². The number of hydrogen-bond acceptors (Lipinski definition) is 3. The van der Waals surface area contributed by atoms with Gasteiger partial charge >= 0.3 is 0 Å². The molecular weight excluding hydrogens is 204 g/mol. The Morgan fingerprint density at radius 1 is 1.56 bits per heavy atom. The van der Waals surface area contributed by atoms with Crippen molar-refractivity contribution in [3.05, 3.63) is 0 Å². The highest BCUT2D eigenvalue weighted by Crippen LogP contribution is 2.24. The van der Waals surface area contributed by atoms with E-state index >= 15 is 0 Å². The molecule has 1 saturated heterocycles. The minimum Gasteiger partial charge on any atom is -0.375 e. The molecule has 16 heavy (non-hydrogen) atoms. The van der Waals surface area contributed by atoms with Crippen LogP contribution in [0.3, 0.4) is 0 Å². The number of amides is 1. The zero-order valence-electron chi connectivity index (χ0n) is 10.8. The summed E-state index contributed by atoms with van der Waals surface area (Å²) < 4.78 is 5.66.